The second kappa shape index (κ2) is 2.02. The van der Waals surface area contributed by atoms with Crippen LogP contribution >= 0.6 is 11.8 Å². The zero-order valence-corrected chi connectivity index (χ0v) is 4.59. The number of hydrogen-bond donors (Lipinski definition) is 0. The number of thioether (sulfide) groups is 1. The van der Waals surface area contributed by atoms with Crippen molar-refractivity contribution < 1.29 is 0 Å². The summed E-state index contributed by atoms with van der Waals surface area (Å²) in [6.45, 7) is 0. The summed E-state index contributed by atoms with van der Waals surface area (Å²) in [5, 5.41) is 13.8. The molecule has 5 heteroatoms. The molecule has 1 heterocycles. The van der Waals surface area contributed by atoms with Crippen LogP contribution in [0.2, 0.25) is 0 Å². The van der Waals surface area contributed by atoms with Crippen LogP contribution in [0.5, 0.6) is 0 Å². The van der Waals surface area contributed by atoms with Gasteiger partial charge in [-0.2, -0.15) is 0 Å². The Morgan fingerprint density at radius 1 is 1.29 bits per heavy atom. The Morgan fingerprint density at radius 3 is 2.14 bits per heavy atom. The molecule has 0 aromatic carbocycles. The molecule has 38 valence electrons. The van der Waals surface area contributed by atoms with Gasteiger partial charge in [0.2, 0.25) is 5.50 Å². The third kappa shape index (κ3) is 0.957. The summed E-state index contributed by atoms with van der Waals surface area (Å²) in [6, 6.07) is 0. The minimum atomic E-state index is -0.0694. The predicted molar refractivity (Wildman–Crippen MR) is 27.0 cm³/mol. The van der Waals surface area contributed by atoms with Gasteiger partial charge in [0.05, 0.1) is 0 Å². The smallest absolute Gasteiger partial charge is 0.127 e. The Balaban J connectivity index is 2.44. The zero-order valence-electron chi connectivity index (χ0n) is 3.77. The highest BCUT2D eigenvalue weighted by atomic mass is 32.2. The van der Waals surface area contributed by atoms with Crippen LogP contribution in [-0.4, -0.2) is 11.8 Å². The normalized spacial score (nSPS) is 19.0. The largest absolute Gasteiger partial charge is 0.230 e. The lowest BCUT2D eigenvalue weighted by Gasteiger charge is -1.87. The second-order valence-electron chi connectivity index (χ2n) is 0.972. The van der Waals surface area contributed by atoms with Gasteiger partial charge in [0.25, 0.3) is 0 Å². The number of hydrogen-bond acceptors (Lipinski definition) is 5. The number of rotatable bonds is 1. The highest BCUT2D eigenvalue weighted by Crippen LogP contribution is 2.14. The molecular weight excluding hydrogens is 112 g/mol. The molecule has 0 amide bonds. The van der Waals surface area contributed by atoms with Crippen molar-refractivity contribution in [2.75, 3.05) is 6.26 Å². The van der Waals surface area contributed by atoms with Crippen LogP contribution < -0.4 is 0 Å². The highest BCUT2D eigenvalue weighted by molar-refractivity contribution is 7.99. The summed E-state index contributed by atoms with van der Waals surface area (Å²) in [5.41, 5.74) is -0.0694. The molecule has 0 saturated carbocycles. The van der Waals surface area contributed by atoms with Crippen molar-refractivity contribution in [1.82, 2.24) is 0 Å². The van der Waals surface area contributed by atoms with Crippen molar-refractivity contribution in [3.05, 3.63) is 0 Å². The minimum Gasteiger partial charge on any atom is -0.127 e. The van der Waals surface area contributed by atoms with Crippen molar-refractivity contribution in [3.8, 4) is 0 Å². The lowest BCUT2D eigenvalue weighted by Crippen LogP contribution is -1.83. The van der Waals surface area contributed by atoms with E-state index in [9.17, 15) is 0 Å². The van der Waals surface area contributed by atoms with Crippen molar-refractivity contribution in [1.29, 1.82) is 0 Å². The van der Waals surface area contributed by atoms with Crippen LogP contribution in [-0.2, 0) is 0 Å². The van der Waals surface area contributed by atoms with Crippen molar-refractivity contribution in [2.45, 2.75) is 5.50 Å². The zero-order chi connectivity index (χ0) is 5.11. The fraction of sp³-hybridized carbons (Fsp3) is 1.00. The molecule has 0 fully saturated rings. The van der Waals surface area contributed by atoms with Gasteiger partial charge < -0.3 is 0 Å². The molecule has 0 saturated heterocycles. The van der Waals surface area contributed by atoms with Crippen molar-refractivity contribution in [2.24, 2.45) is 20.7 Å². The maximum Gasteiger partial charge on any atom is 0.230 e. The van der Waals surface area contributed by atoms with Crippen LogP contribution in [0.15, 0.2) is 20.7 Å². The fourth-order valence-electron chi connectivity index (χ4n) is 0.252. The van der Waals surface area contributed by atoms with Gasteiger partial charge in [0.15, 0.2) is 0 Å². The van der Waals surface area contributed by atoms with Gasteiger partial charge in [-0.15, -0.1) is 22.0 Å². The monoisotopic (exact) mass is 116 g/mol. The lowest BCUT2D eigenvalue weighted by atomic mass is 11.2. The van der Waals surface area contributed by atoms with E-state index >= 15 is 0 Å². The third-order valence-corrected chi connectivity index (χ3v) is 1.16. The summed E-state index contributed by atoms with van der Waals surface area (Å²) in [5.74, 6) is 0. The van der Waals surface area contributed by atoms with Crippen molar-refractivity contribution in [3.63, 3.8) is 0 Å². The molecular formula is C2H4N4S. The average Bonchev–Trinajstić information content (AvgIpc) is 2.14. The molecule has 0 bridgehead atoms. The average molecular weight is 116 g/mol. The Labute approximate surface area is 45.1 Å². The minimum absolute atomic E-state index is 0.0694. The standard InChI is InChI=1S/C2H4N4S/c1-7-2-3-5-6-4-2/h2H,1H3. The Morgan fingerprint density at radius 2 is 1.86 bits per heavy atom. The molecule has 1 aliphatic rings. The third-order valence-electron chi connectivity index (χ3n) is 0.552. The second-order valence-corrected chi connectivity index (χ2v) is 1.86. The molecule has 0 aliphatic carbocycles. The Kier molecular flexibility index (Phi) is 1.35. The van der Waals surface area contributed by atoms with E-state index in [-0.39, 0.29) is 5.50 Å². The molecule has 7 heavy (non-hydrogen) atoms. The number of nitrogens with zero attached hydrogens (tertiary/aromatic N) is 4. The summed E-state index contributed by atoms with van der Waals surface area (Å²) >= 11 is 1.51. The fourth-order valence-corrected chi connectivity index (χ4v) is 0.525. The van der Waals surface area contributed by atoms with Gasteiger partial charge in [0.1, 0.15) is 0 Å². The van der Waals surface area contributed by atoms with Gasteiger partial charge >= 0.3 is 0 Å². The molecule has 1 aliphatic heterocycles. The van der Waals surface area contributed by atoms with E-state index in [1.54, 1.807) is 0 Å². The molecule has 0 aromatic heterocycles. The van der Waals surface area contributed by atoms with Gasteiger partial charge in [-0.05, 0) is 16.7 Å². The first-order chi connectivity index (χ1) is 3.43. The lowest BCUT2D eigenvalue weighted by molar-refractivity contribution is 0.972. The van der Waals surface area contributed by atoms with E-state index in [4.69, 9.17) is 0 Å². The van der Waals surface area contributed by atoms with E-state index in [1.165, 1.54) is 11.8 Å². The van der Waals surface area contributed by atoms with E-state index in [0.29, 0.717) is 0 Å². The van der Waals surface area contributed by atoms with Gasteiger partial charge in [0, 0.05) is 0 Å². The summed E-state index contributed by atoms with van der Waals surface area (Å²) in [6.07, 6.45) is 1.91. The first kappa shape index (κ1) is 4.70. The Bertz CT molecular complexity index is 96.3. The summed E-state index contributed by atoms with van der Waals surface area (Å²) < 4.78 is 0. The van der Waals surface area contributed by atoms with Crippen LogP contribution in [0.4, 0.5) is 0 Å². The molecule has 0 N–H and O–H groups in total. The molecule has 0 atom stereocenters. The first-order valence-electron chi connectivity index (χ1n) is 1.76. The Hall–Kier alpha value is -0.450. The maximum absolute atomic E-state index is 3.61. The molecule has 0 aromatic rings. The van der Waals surface area contributed by atoms with Crippen LogP contribution in [0, 0.1) is 0 Å². The summed E-state index contributed by atoms with van der Waals surface area (Å²) in [7, 11) is 0. The molecule has 0 unspecified atom stereocenters. The van der Waals surface area contributed by atoms with E-state index in [1.807, 2.05) is 6.26 Å². The molecule has 0 radical (unpaired) electrons. The van der Waals surface area contributed by atoms with E-state index < -0.39 is 0 Å². The van der Waals surface area contributed by atoms with E-state index in [0.717, 1.165) is 0 Å². The van der Waals surface area contributed by atoms with Crippen LogP contribution in [0.25, 0.3) is 0 Å². The molecule has 1 rings (SSSR count). The van der Waals surface area contributed by atoms with Gasteiger partial charge in [-0.3, -0.25) is 0 Å². The van der Waals surface area contributed by atoms with Crippen molar-refractivity contribution >= 4 is 11.8 Å². The maximum atomic E-state index is 3.61. The molecule has 0 spiro atoms. The quantitative estimate of drug-likeness (QED) is 0.511. The first-order valence-corrected chi connectivity index (χ1v) is 3.05. The van der Waals surface area contributed by atoms with Gasteiger partial charge in [-0.25, -0.2) is 0 Å². The highest BCUT2D eigenvalue weighted by Gasteiger charge is 2.03. The molecule has 4 nitrogen and oxygen atoms in total. The summed E-state index contributed by atoms with van der Waals surface area (Å²) in [4.78, 5) is 0. The van der Waals surface area contributed by atoms with Gasteiger partial charge in [-0.1, -0.05) is 0 Å². The predicted octanol–water partition coefficient (Wildman–Crippen LogP) is 1.47. The van der Waals surface area contributed by atoms with Crippen LogP contribution in [0.3, 0.4) is 0 Å². The SMILES string of the molecule is CSC1N=NN=N1. The van der Waals surface area contributed by atoms with E-state index in [2.05, 4.69) is 20.7 Å². The topological polar surface area (TPSA) is 49.4 Å². The van der Waals surface area contributed by atoms with Crippen LogP contribution in [0.1, 0.15) is 0 Å².